The van der Waals surface area contributed by atoms with Gasteiger partial charge in [-0.15, -0.1) is 0 Å². The van der Waals surface area contributed by atoms with E-state index in [4.69, 9.17) is 9.97 Å². The van der Waals surface area contributed by atoms with Crippen LogP contribution in [0.1, 0.15) is 22.3 Å². The zero-order valence-electron chi connectivity index (χ0n) is 22.1. The molecule has 7 rings (SSSR count). The summed E-state index contributed by atoms with van der Waals surface area (Å²) in [5.41, 5.74) is 9.77. The van der Waals surface area contributed by atoms with Gasteiger partial charge in [0.25, 0.3) is 0 Å². The number of rotatable bonds is 4. The van der Waals surface area contributed by atoms with Crippen LogP contribution in [0.15, 0.2) is 134 Å². The molecule has 0 spiro atoms. The van der Waals surface area contributed by atoms with Crippen LogP contribution < -0.4 is 0 Å². The molecular weight excluding hydrogens is 488 g/mol. The lowest BCUT2D eigenvalue weighted by Gasteiger charge is -2.27. The maximum Gasteiger partial charge on any atom is 0.115 e. The van der Waals surface area contributed by atoms with Crippen LogP contribution in [0.5, 0.6) is 0 Å². The van der Waals surface area contributed by atoms with Gasteiger partial charge in [0.1, 0.15) is 8.07 Å². The molecule has 0 bridgehead atoms. The smallest absolute Gasteiger partial charge is 0.115 e. The molecule has 0 saturated carbocycles. The quantitative estimate of drug-likeness (QED) is 0.218. The molecule has 3 heterocycles. The summed E-state index contributed by atoms with van der Waals surface area (Å²) >= 11 is 0. The third kappa shape index (κ3) is 3.94. The van der Waals surface area contributed by atoms with Gasteiger partial charge in [0.05, 0.1) is 11.0 Å². The third-order valence-electron chi connectivity index (χ3n) is 7.91. The molecule has 0 saturated heterocycles. The molecule has 2 nitrogen and oxygen atoms in total. The molecule has 0 radical (unpaired) electrons. The van der Waals surface area contributed by atoms with Gasteiger partial charge in [-0.3, -0.25) is 9.97 Å². The van der Waals surface area contributed by atoms with Crippen molar-refractivity contribution in [1.82, 2.24) is 9.97 Å². The average Bonchev–Trinajstić information content (AvgIpc) is 3.24. The molecule has 39 heavy (non-hydrogen) atoms. The number of aromatic nitrogens is 2. The number of benzene rings is 4. The number of allylic oxidation sites excluding steroid dienone is 2. The number of hydrogen-bond acceptors (Lipinski definition) is 2. The Labute approximate surface area is 230 Å². The minimum absolute atomic E-state index is 1.03. The first-order valence-corrected chi connectivity index (χ1v) is 16.4. The number of pyridine rings is 2. The molecule has 0 N–H and O–H groups in total. The van der Waals surface area contributed by atoms with Crippen LogP contribution in [-0.2, 0) is 0 Å². The van der Waals surface area contributed by atoms with Gasteiger partial charge in [-0.25, -0.2) is 0 Å². The average molecular weight is 517 g/mol. The van der Waals surface area contributed by atoms with Crippen LogP contribution in [0, 0.1) is 0 Å². The fourth-order valence-electron chi connectivity index (χ4n) is 6.24. The highest BCUT2D eigenvalue weighted by molar-refractivity contribution is 7.13. The second-order valence-electron chi connectivity index (χ2n) is 10.7. The molecule has 0 amide bonds. The standard InChI is InChI=1S/C36H28N2Si/c1-39(2)35(29-19-17-25-15-9-21-37-31(25)23-29)33(27-11-5-3-6-12-27)34(28-13-7-4-8-14-28)36(39)30-20-18-26-16-10-22-38-32(26)24-30/h3-24H,1-2H3. The highest BCUT2D eigenvalue weighted by atomic mass is 28.3. The zero-order valence-corrected chi connectivity index (χ0v) is 23.1. The van der Waals surface area contributed by atoms with Crippen LogP contribution >= 0.6 is 0 Å². The van der Waals surface area contributed by atoms with E-state index in [1.807, 2.05) is 24.5 Å². The van der Waals surface area contributed by atoms with Gasteiger partial charge in [-0.1, -0.05) is 110 Å². The first-order valence-electron chi connectivity index (χ1n) is 13.4. The first-order chi connectivity index (χ1) is 19.1. The fourth-order valence-corrected chi connectivity index (χ4v) is 10.0. The summed E-state index contributed by atoms with van der Waals surface area (Å²) in [7, 11) is -2.24. The molecule has 0 atom stereocenters. The van der Waals surface area contributed by atoms with Gasteiger partial charge in [-0.2, -0.15) is 0 Å². The van der Waals surface area contributed by atoms with E-state index in [1.165, 1.54) is 43.8 Å². The Morgan fingerprint density at radius 3 is 1.31 bits per heavy atom. The largest absolute Gasteiger partial charge is 0.256 e. The summed E-state index contributed by atoms with van der Waals surface area (Å²) in [5.74, 6) is 0. The lowest BCUT2D eigenvalue weighted by molar-refractivity contribution is 1.41. The normalized spacial score (nSPS) is 14.9. The van der Waals surface area contributed by atoms with Gasteiger partial charge in [0.15, 0.2) is 0 Å². The number of nitrogens with zero attached hydrogens (tertiary/aromatic N) is 2. The zero-order chi connectivity index (χ0) is 26.4. The summed E-state index contributed by atoms with van der Waals surface area (Å²) in [5, 5.41) is 5.24. The molecule has 1 aliphatic heterocycles. The van der Waals surface area contributed by atoms with Crippen molar-refractivity contribution in [3.8, 4) is 0 Å². The molecule has 0 fully saturated rings. The van der Waals surface area contributed by atoms with Crippen molar-refractivity contribution < 1.29 is 0 Å². The summed E-state index contributed by atoms with van der Waals surface area (Å²) in [4.78, 5) is 9.44. The number of hydrogen-bond donors (Lipinski definition) is 0. The highest BCUT2D eigenvalue weighted by Gasteiger charge is 2.43. The number of fused-ring (bicyclic) bond motifs is 2. The van der Waals surface area contributed by atoms with E-state index in [-0.39, 0.29) is 0 Å². The van der Waals surface area contributed by atoms with Crippen LogP contribution in [0.4, 0.5) is 0 Å². The molecule has 6 aromatic rings. The van der Waals surface area contributed by atoms with E-state index < -0.39 is 8.07 Å². The maximum absolute atomic E-state index is 4.72. The SMILES string of the molecule is C[Si]1(C)C(c2ccc3cccnc3c2)=C(c2ccccc2)C(c2ccccc2)=C1c1ccc2cccnc2c1. The predicted molar refractivity (Wildman–Crippen MR) is 167 cm³/mol. The van der Waals surface area contributed by atoms with E-state index >= 15 is 0 Å². The van der Waals surface area contributed by atoms with E-state index in [0.717, 1.165) is 21.8 Å². The summed E-state index contributed by atoms with van der Waals surface area (Å²) in [6.45, 7) is 5.00. The summed E-state index contributed by atoms with van der Waals surface area (Å²) < 4.78 is 0. The van der Waals surface area contributed by atoms with E-state index in [0.29, 0.717) is 0 Å². The second-order valence-corrected chi connectivity index (χ2v) is 14.9. The van der Waals surface area contributed by atoms with Gasteiger partial charge in [0.2, 0.25) is 0 Å². The van der Waals surface area contributed by atoms with Crippen molar-refractivity contribution in [2.75, 3.05) is 0 Å². The van der Waals surface area contributed by atoms with Crippen molar-refractivity contribution in [1.29, 1.82) is 0 Å². The van der Waals surface area contributed by atoms with Crippen molar-refractivity contribution in [2.45, 2.75) is 13.1 Å². The lowest BCUT2D eigenvalue weighted by Crippen LogP contribution is -2.28. The molecule has 186 valence electrons. The highest BCUT2D eigenvalue weighted by Crippen LogP contribution is 2.55. The van der Waals surface area contributed by atoms with E-state index in [2.05, 4.69) is 122 Å². The molecule has 0 unspecified atom stereocenters. The Morgan fingerprint density at radius 2 is 0.872 bits per heavy atom. The summed E-state index contributed by atoms with van der Waals surface area (Å²) in [6, 6.07) is 43.7. The van der Waals surface area contributed by atoms with Gasteiger partial charge in [-0.05, 0) is 68.1 Å². The third-order valence-corrected chi connectivity index (χ3v) is 11.5. The predicted octanol–water partition coefficient (Wildman–Crippen LogP) is 9.11. The lowest BCUT2D eigenvalue weighted by atomic mass is 9.89. The Morgan fingerprint density at radius 1 is 0.436 bits per heavy atom. The molecule has 4 aromatic carbocycles. The molecule has 1 aliphatic rings. The van der Waals surface area contributed by atoms with Crippen molar-refractivity contribution in [2.24, 2.45) is 0 Å². The Hall–Kier alpha value is -4.60. The van der Waals surface area contributed by atoms with Gasteiger partial charge >= 0.3 is 0 Å². The maximum atomic E-state index is 4.72. The van der Waals surface area contributed by atoms with Crippen LogP contribution in [0.2, 0.25) is 13.1 Å². The topological polar surface area (TPSA) is 25.8 Å². The first kappa shape index (κ1) is 23.5. The molecule has 3 heteroatoms. The fraction of sp³-hybridized carbons (Fsp3) is 0.0556. The minimum atomic E-state index is -2.24. The Bertz CT molecular complexity index is 1780. The molecular formula is C36H28N2Si. The van der Waals surface area contributed by atoms with E-state index in [1.54, 1.807) is 0 Å². The van der Waals surface area contributed by atoms with Crippen molar-refractivity contribution >= 4 is 51.4 Å². The second kappa shape index (κ2) is 9.30. The van der Waals surface area contributed by atoms with Gasteiger partial charge in [0, 0.05) is 23.2 Å². The van der Waals surface area contributed by atoms with Crippen molar-refractivity contribution in [3.63, 3.8) is 0 Å². The van der Waals surface area contributed by atoms with E-state index in [9.17, 15) is 0 Å². The van der Waals surface area contributed by atoms with Crippen LogP contribution in [-0.4, -0.2) is 18.0 Å². The van der Waals surface area contributed by atoms with Crippen LogP contribution in [0.3, 0.4) is 0 Å². The molecule has 0 aliphatic carbocycles. The monoisotopic (exact) mass is 516 g/mol. The van der Waals surface area contributed by atoms with Crippen LogP contribution in [0.25, 0.3) is 43.3 Å². The van der Waals surface area contributed by atoms with Crippen molar-refractivity contribution in [3.05, 3.63) is 156 Å². The Kier molecular flexibility index (Phi) is 5.61. The summed E-state index contributed by atoms with van der Waals surface area (Å²) in [6.07, 6.45) is 3.77. The Balaban J connectivity index is 1.59. The minimum Gasteiger partial charge on any atom is -0.256 e. The van der Waals surface area contributed by atoms with Gasteiger partial charge < -0.3 is 0 Å². The molecule has 2 aromatic heterocycles.